The summed E-state index contributed by atoms with van der Waals surface area (Å²) in [5.74, 6) is 0. The minimum atomic E-state index is 0.397. The van der Waals surface area contributed by atoms with Gasteiger partial charge in [-0.05, 0) is 38.1 Å². The smallest absolute Gasteiger partial charge is 0.0178 e. The van der Waals surface area contributed by atoms with Crippen molar-refractivity contribution in [1.82, 2.24) is 4.90 Å². The first-order chi connectivity index (χ1) is 7.66. The summed E-state index contributed by atoms with van der Waals surface area (Å²) in [6, 6.07) is 8.82. The lowest BCUT2D eigenvalue weighted by molar-refractivity contribution is 0.177. The van der Waals surface area contributed by atoms with Crippen molar-refractivity contribution in [3.8, 4) is 0 Å². The van der Waals surface area contributed by atoms with E-state index in [4.69, 9.17) is 5.73 Å². The van der Waals surface area contributed by atoms with E-state index in [0.717, 1.165) is 6.54 Å². The van der Waals surface area contributed by atoms with Gasteiger partial charge < -0.3 is 10.6 Å². The summed E-state index contributed by atoms with van der Waals surface area (Å²) < 4.78 is 0. The highest BCUT2D eigenvalue weighted by Gasteiger charge is 2.38. The molecule has 2 nitrogen and oxygen atoms in total. The maximum Gasteiger partial charge on any atom is 0.0178 e. The zero-order valence-corrected chi connectivity index (χ0v) is 10.4. The van der Waals surface area contributed by atoms with Crippen LogP contribution >= 0.6 is 0 Å². The molecule has 1 aromatic rings. The standard InChI is InChI=1S/C14H22N2/c1-16(2)11-14(7-4-8-14)13-6-3-5-12(9-13)10-15/h3,5-6,9H,4,7-8,10-11,15H2,1-2H3. The van der Waals surface area contributed by atoms with Crippen molar-refractivity contribution in [3.63, 3.8) is 0 Å². The Hall–Kier alpha value is -0.860. The first-order valence-corrected chi connectivity index (χ1v) is 6.10. The first kappa shape index (κ1) is 11.6. The molecule has 1 aliphatic carbocycles. The fraction of sp³-hybridized carbons (Fsp3) is 0.571. The van der Waals surface area contributed by atoms with Crippen LogP contribution in [0.1, 0.15) is 30.4 Å². The molecule has 2 heteroatoms. The minimum absolute atomic E-state index is 0.397. The number of likely N-dealkylation sites (N-methyl/N-ethyl adjacent to an activating group) is 1. The fourth-order valence-corrected chi connectivity index (χ4v) is 2.78. The first-order valence-electron chi connectivity index (χ1n) is 6.10. The molecule has 0 atom stereocenters. The van der Waals surface area contributed by atoms with Crippen molar-refractivity contribution < 1.29 is 0 Å². The number of nitrogens with zero attached hydrogens (tertiary/aromatic N) is 1. The average Bonchev–Trinajstić information content (AvgIpc) is 2.23. The monoisotopic (exact) mass is 218 g/mol. The lowest BCUT2D eigenvalue weighted by atomic mass is 9.64. The number of hydrogen-bond donors (Lipinski definition) is 1. The van der Waals surface area contributed by atoms with E-state index in [1.807, 2.05) is 0 Å². The molecule has 1 fully saturated rings. The SMILES string of the molecule is CN(C)CC1(c2cccc(CN)c2)CCC1. The van der Waals surface area contributed by atoms with E-state index in [1.165, 1.54) is 30.4 Å². The van der Waals surface area contributed by atoms with Gasteiger partial charge in [-0.3, -0.25) is 0 Å². The summed E-state index contributed by atoms with van der Waals surface area (Å²) in [5.41, 5.74) is 8.84. The van der Waals surface area contributed by atoms with Crippen LogP contribution < -0.4 is 5.73 Å². The van der Waals surface area contributed by atoms with Gasteiger partial charge >= 0.3 is 0 Å². The molecular formula is C14H22N2. The van der Waals surface area contributed by atoms with Gasteiger partial charge in [0.1, 0.15) is 0 Å². The Labute approximate surface area is 98.4 Å². The molecule has 16 heavy (non-hydrogen) atoms. The third-order valence-electron chi connectivity index (χ3n) is 3.70. The number of rotatable bonds is 4. The van der Waals surface area contributed by atoms with Crippen LogP contribution in [0, 0.1) is 0 Å². The van der Waals surface area contributed by atoms with Crippen LogP contribution in [0.4, 0.5) is 0 Å². The Balaban J connectivity index is 2.25. The Morgan fingerprint density at radius 3 is 2.56 bits per heavy atom. The van der Waals surface area contributed by atoms with E-state index < -0.39 is 0 Å². The zero-order valence-electron chi connectivity index (χ0n) is 10.4. The number of benzene rings is 1. The van der Waals surface area contributed by atoms with Crippen LogP contribution in [0.2, 0.25) is 0 Å². The Morgan fingerprint density at radius 1 is 1.31 bits per heavy atom. The van der Waals surface area contributed by atoms with Crippen LogP contribution in [0.25, 0.3) is 0 Å². The van der Waals surface area contributed by atoms with Gasteiger partial charge in [-0.25, -0.2) is 0 Å². The molecule has 2 rings (SSSR count). The van der Waals surface area contributed by atoms with E-state index in [9.17, 15) is 0 Å². The van der Waals surface area contributed by atoms with E-state index in [0.29, 0.717) is 12.0 Å². The molecule has 0 heterocycles. The Bertz CT molecular complexity index is 354. The molecule has 0 unspecified atom stereocenters. The van der Waals surface area contributed by atoms with Crippen molar-refractivity contribution in [3.05, 3.63) is 35.4 Å². The fourth-order valence-electron chi connectivity index (χ4n) is 2.78. The molecule has 1 aromatic carbocycles. The molecule has 0 radical (unpaired) electrons. The van der Waals surface area contributed by atoms with Gasteiger partial charge in [0.25, 0.3) is 0 Å². The second-order valence-corrected chi connectivity index (χ2v) is 5.28. The topological polar surface area (TPSA) is 29.3 Å². The van der Waals surface area contributed by atoms with Crippen molar-refractivity contribution in [2.24, 2.45) is 5.73 Å². The minimum Gasteiger partial charge on any atom is -0.326 e. The predicted molar refractivity (Wildman–Crippen MR) is 68.4 cm³/mol. The summed E-state index contributed by atoms with van der Waals surface area (Å²) in [7, 11) is 4.32. The molecule has 0 saturated heterocycles. The number of hydrogen-bond acceptors (Lipinski definition) is 2. The molecule has 2 N–H and O–H groups in total. The van der Waals surface area contributed by atoms with E-state index in [-0.39, 0.29) is 0 Å². The van der Waals surface area contributed by atoms with Crippen LogP contribution in [0.5, 0.6) is 0 Å². The lowest BCUT2D eigenvalue weighted by Crippen LogP contribution is -2.43. The second kappa shape index (κ2) is 4.56. The molecule has 1 saturated carbocycles. The van der Waals surface area contributed by atoms with Gasteiger partial charge in [0.2, 0.25) is 0 Å². The third kappa shape index (κ3) is 2.13. The summed E-state index contributed by atoms with van der Waals surface area (Å²) in [6.07, 6.45) is 4.00. The van der Waals surface area contributed by atoms with Crippen molar-refractivity contribution in [1.29, 1.82) is 0 Å². The van der Waals surface area contributed by atoms with Crippen molar-refractivity contribution in [2.75, 3.05) is 20.6 Å². The third-order valence-corrected chi connectivity index (χ3v) is 3.70. The zero-order chi connectivity index (χ0) is 11.6. The van der Waals surface area contributed by atoms with Crippen LogP contribution in [0.15, 0.2) is 24.3 Å². The predicted octanol–water partition coefficient (Wildman–Crippen LogP) is 2.13. The highest BCUT2D eigenvalue weighted by atomic mass is 15.1. The molecule has 0 aromatic heterocycles. The summed E-state index contributed by atoms with van der Waals surface area (Å²) in [6.45, 7) is 1.80. The Kier molecular flexibility index (Phi) is 3.31. The molecular weight excluding hydrogens is 196 g/mol. The second-order valence-electron chi connectivity index (χ2n) is 5.28. The molecule has 88 valence electrons. The van der Waals surface area contributed by atoms with Crippen LogP contribution in [-0.4, -0.2) is 25.5 Å². The quantitative estimate of drug-likeness (QED) is 0.839. The highest BCUT2D eigenvalue weighted by Crippen LogP contribution is 2.44. The van der Waals surface area contributed by atoms with Crippen LogP contribution in [-0.2, 0) is 12.0 Å². The molecule has 0 aliphatic heterocycles. The number of nitrogens with two attached hydrogens (primary N) is 1. The van der Waals surface area contributed by atoms with Crippen molar-refractivity contribution >= 4 is 0 Å². The van der Waals surface area contributed by atoms with E-state index in [2.05, 4.69) is 43.3 Å². The van der Waals surface area contributed by atoms with Gasteiger partial charge in [-0.1, -0.05) is 30.7 Å². The normalized spacial score (nSPS) is 18.5. The highest BCUT2D eigenvalue weighted by molar-refractivity contribution is 5.32. The van der Waals surface area contributed by atoms with Gasteiger partial charge in [-0.15, -0.1) is 0 Å². The summed E-state index contributed by atoms with van der Waals surface area (Å²) in [4.78, 5) is 2.30. The van der Waals surface area contributed by atoms with Gasteiger partial charge in [0.05, 0.1) is 0 Å². The van der Waals surface area contributed by atoms with Gasteiger partial charge in [0.15, 0.2) is 0 Å². The lowest BCUT2D eigenvalue weighted by Gasteiger charge is -2.44. The summed E-state index contributed by atoms with van der Waals surface area (Å²) >= 11 is 0. The largest absolute Gasteiger partial charge is 0.326 e. The average molecular weight is 218 g/mol. The molecule has 0 spiro atoms. The molecule has 1 aliphatic rings. The van der Waals surface area contributed by atoms with Crippen LogP contribution in [0.3, 0.4) is 0 Å². The maximum absolute atomic E-state index is 5.71. The van der Waals surface area contributed by atoms with E-state index >= 15 is 0 Å². The van der Waals surface area contributed by atoms with Crippen molar-refractivity contribution in [2.45, 2.75) is 31.2 Å². The molecule has 0 amide bonds. The summed E-state index contributed by atoms with van der Waals surface area (Å²) in [5, 5.41) is 0. The van der Waals surface area contributed by atoms with Gasteiger partial charge in [0, 0.05) is 18.5 Å². The van der Waals surface area contributed by atoms with E-state index in [1.54, 1.807) is 0 Å². The maximum atomic E-state index is 5.71. The Morgan fingerprint density at radius 2 is 2.06 bits per heavy atom. The van der Waals surface area contributed by atoms with Gasteiger partial charge in [-0.2, -0.15) is 0 Å². The molecule has 0 bridgehead atoms.